The molecule has 0 unspecified atom stereocenters. The van der Waals surface area contributed by atoms with Gasteiger partial charge in [0, 0.05) is 12.2 Å². The van der Waals surface area contributed by atoms with Crippen LogP contribution in [-0.4, -0.2) is 30.9 Å². The maximum absolute atomic E-state index is 10.7. The molecule has 1 aromatic rings. The lowest BCUT2D eigenvalue weighted by Gasteiger charge is -2.11. The lowest BCUT2D eigenvalue weighted by atomic mass is 10.1. The molecule has 0 atom stereocenters. The lowest BCUT2D eigenvalue weighted by Crippen LogP contribution is -2.11. The third-order valence-electron chi connectivity index (χ3n) is 2.25. The van der Waals surface area contributed by atoms with Crippen molar-refractivity contribution in [3.8, 4) is 5.75 Å². The normalized spacial score (nSPS) is 10.6. The summed E-state index contributed by atoms with van der Waals surface area (Å²) >= 11 is 0. The van der Waals surface area contributed by atoms with E-state index < -0.39 is 5.97 Å². The molecule has 1 aromatic carbocycles. The van der Waals surface area contributed by atoms with Crippen molar-refractivity contribution in [1.29, 1.82) is 0 Å². The molecule has 0 aliphatic carbocycles. The fourth-order valence-electron chi connectivity index (χ4n) is 1.48. The zero-order chi connectivity index (χ0) is 13.4. The van der Waals surface area contributed by atoms with Gasteiger partial charge >= 0.3 is 5.97 Å². The largest absolute Gasteiger partial charge is 0.491 e. The molecule has 0 amide bonds. The van der Waals surface area contributed by atoms with Gasteiger partial charge in [-0.15, -0.1) is 0 Å². The Morgan fingerprint density at radius 2 is 2.00 bits per heavy atom. The van der Waals surface area contributed by atoms with Crippen LogP contribution in [0, 0.1) is 5.92 Å². The number of carbonyl (C=O) groups is 1. The maximum atomic E-state index is 10.7. The number of hydrogen-bond donors (Lipinski definition) is 1. The molecule has 4 heteroatoms. The summed E-state index contributed by atoms with van der Waals surface area (Å²) in [6.07, 6.45) is -0.0248. The summed E-state index contributed by atoms with van der Waals surface area (Å²) in [7, 11) is 0. The van der Waals surface area contributed by atoms with Gasteiger partial charge in [-0.1, -0.05) is 32.0 Å². The number of carboxylic acids is 1. The smallest absolute Gasteiger partial charge is 0.307 e. The Labute approximate surface area is 108 Å². The van der Waals surface area contributed by atoms with Crippen LogP contribution in [-0.2, 0) is 16.0 Å². The molecule has 0 bridgehead atoms. The minimum atomic E-state index is -0.859. The molecule has 18 heavy (non-hydrogen) atoms. The summed E-state index contributed by atoms with van der Waals surface area (Å²) in [5, 5.41) is 8.78. The summed E-state index contributed by atoms with van der Waals surface area (Å²) in [6, 6.07) is 7.18. The molecule has 0 saturated carbocycles. The third-order valence-corrected chi connectivity index (χ3v) is 2.25. The first-order chi connectivity index (χ1) is 8.59. The first kappa shape index (κ1) is 14.5. The fraction of sp³-hybridized carbons (Fsp3) is 0.500. The van der Waals surface area contributed by atoms with Crippen molar-refractivity contribution in [3.63, 3.8) is 0 Å². The van der Waals surface area contributed by atoms with Crippen LogP contribution in [0.15, 0.2) is 24.3 Å². The van der Waals surface area contributed by atoms with Gasteiger partial charge in [-0.3, -0.25) is 4.79 Å². The van der Waals surface area contributed by atoms with E-state index in [0.29, 0.717) is 37.1 Å². The third kappa shape index (κ3) is 5.68. The van der Waals surface area contributed by atoms with E-state index >= 15 is 0 Å². The highest BCUT2D eigenvalue weighted by atomic mass is 16.5. The number of para-hydroxylation sites is 1. The first-order valence-electron chi connectivity index (χ1n) is 6.10. The average Bonchev–Trinajstić information content (AvgIpc) is 2.29. The predicted octanol–water partition coefficient (Wildman–Crippen LogP) is 2.37. The van der Waals surface area contributed by atoms with Crippen molar-refractivity contribution in [2.24, 2.45) is 5.92 Å². The van der Waals surface area contributed by atoms with Crippen LogP contribution in [0.5, 0.6) is 5.75 Å². The molecular formula is C14H20O4. The van der Waals surface area contributed by atoms with Gasteiger partial charge in [0.1, 0.15) is 12.4 Å². The van der Waals surface area contributed by atoms with Crippen LogP contribution >= 0.6 is 0 Å². The van der Waals surface area contributed by atoms with Crippen molar-refractivity contribution >= 4 is 5.97 Å². The van der Waals surface area contributed by atoms with Crippen molar-refractivity contribution in [2.45, 2.75) is 20.3 Å². The molecule has 0 radical (unpaired) electrons. The Morgan fingerprint density at radius 3 is 2.67 bits per heavy atom. The highest BCUT2D eigenvalue weighted by Gasteiger charge is 2.06. The number of carboxylic acid groups (broad SMARTS) is 1. The number of aliphatic carboxylic acids is 1. The lowest BCUT2D eigenvalue weighted by molar-refractivity contribution is -0.136. The minimum absolute atomic E-state index is 0.0248. The Morgan fingerprint density at radius 1 is 1.28 bits per heavy atom. The summed E-state index contributed by atoms with van der Waals surface area (Å²) in [4.78, 5) is 10.7. The second-order valence-electron chi connectivity index (χ2n) is 4.50. The van der Waals surface area contributed by atoms with Crippen LogP contribution < -0.4 is 4.74 Å². The van der Waals surface area contributed by atoms with Crippen molar-refractivity contribution in [3.05, 3.63) is 29.8 Å². The van der Waals surface area contributed by atoms with Gasteiger partial charge in [0.05, 0.1) is 13.0 Å². The standard InChI is InChI=1S/C14H20O4/c1-11(2)10-17-7-8-18-13-6-4-3-5-12(13)9-14(15)16/h3-6,11H,7-10H2,1-2H3,(H,15,16). The van der Waals surface area contributed by atoms with E-state index in [4.69, 9.17) is 14.6 Å². The first-order valence-corrected chi connectivity index (χ1v) is 6.10. The molecule has 0 saturated heterocycles. The summed E-state index contributed by atoms with van der Waals surface area (Å²) < 4.78 is 10.9. The molecule has 0 heterocycles. The van der Waals surface area contributed by atoms with Crippen LogP contribution in [0.4, 0.5) is 0 Å². The summed E-state index contributed by atoms with van der Waals surface area (Å²) in [5.41, 5.74) is 0.689. The molecule has 0 aliphatic rings. The molecule has 0 aliphatic heterocycles. The van der Waals surface area contributed by atoms with E-state index in [0.717, 1.165) is 0 Å². The Bertz CT molecular complexity index is 374. The molecule has 100 valence electrons. The molecule has 1 rings (SSSR count). The Hall–Kier alpha value is -1.55. The number of hydrogen-bond acceptors (Lipinski definition) is 3. The van der Waals surface area contributed by atoms with Crippen LogP contribution in [0.25, 0.3) is 0 Å². The van der Waals surface area contributed by atoms with E-state index in [-0.39, 0.29) is 6.42 Å². The highest BCUT2D eigenvalue weighted by Crippen LogP contribution is 2.18. The summed E-state index contributed by atoms with van der Waals surface area (Å²) in [6.45, 7) is 5.83. The van der Waals surface area contributed by atoms with Crippen LogP contribution in [0.3, 0.4) is 0 Å². The molecule has 1 N–H and O–H groups in total. The number of benzene rings is 1. The van der Waals surface area contributed by atoms with E-state index in [1.807, 2.05) is 6.07 Å². The van der Waals surface area contributed by atoms with Gasteiger partial charge in [-0.25, -0.2) is 0 Å². The second kappa shape index (κ2) is 7.71. The van der Waals surface area contributed by atoms with Gasteiger partial charge in [0.2, 0.25) is 0 Å². The van der Waals surface area contributed by atoms with Crippen molar-refractivity contribution < 1.29 is 19.4 Å². The van der Waals surface area contributed by atoms with E-state index in [1.165, 1.54) is 0 Å². The Kier molecular flexibility index (Phi) is 6.22. The quantitative estimate of drug-likeness (QED) is 0.722. The van der Waals surface area contributed by atoms with Crippen LogP contribution in [0.1, 0.15) is 19.4 Å². The number of ether oxygens (including phenoxy) is 2. The van der Waals surface area contributed by atoms with E-state index in [2.05, 4.69) is 13.8 Å². The monoisotopic (exact) mass is 252 g/mol. The van der Waals surface area contributed by atoms with Gasteiger partial charge in [0.15, 0.2) is 0 Å². The SMILES string of the molecule is CC(C)COCCOc1ccccc1CC(=O)O. The minimum Gasteiger partial charge on any atom is -0.491 e. The molecule has 0 aromatic heterocycles. The highest BCUT2D eigenvalue weighted by molar-refractivity contribution is 5.71. The molecule has 0 fully saturated rings. The zero-order valence-electron chi connectivity index (χ0n) is 10.9. The number of rotatable bonds is 8. The van der Waals surface area contributed by atoms with E-state index in [9.17, 15) is 4.79 Å². The fourth-order valence-corrected chi connectivity index (χ4v) is 1.48. The molecule has 0 spiro atoms. The zero-order valence-corrected chi connectivity index (χ0v) is 10.9. The Balaban J connectivity index is 2.39. The second-order valence-corrected chi connectivity index (χ2v) is 4.50. The van der Waals surface area contributed by atoms with Gasteiger partial charge < -0.3 is 14.6 Å². The molecular weight excluding hydrogens is 232 g/mol. The van der Waals surface area contributed by atoms with E-state index in [1.54, 1.807) is 18.2 Å². The topological polar surface area (TPSA) is 55.8 Å². The predicted molar refractivity (Wildman–Crippen MR) is 68.9 cm³/mol. The average molecular weight is 252 g/mol. The van der Waals surface area contributed by atoms with Gasteiger partial charge in [-0.05, 0) is 12.0 Å². The van der Waals surface area contributed by atoms with Crippen molar-refractivity contribution in [1.82, 2.24) is 0 Å². The van der Waals surface area contributed by atoms with Gasteiger partial charge in [-0.2, -0.15) is 0 Å². The van der Waals surface area contributed by atoms with Crippen molar-refractivity contribution in [2.75, 3.05) is 19.8 Å². The maximum Gasteiger partial charge on any atom is 0.307 e. The van der Waals surface area contributed by atoms with Gasteiger partial charge in [0.25, 0.3) is 0 Å². The summed E-state index contributed by atoms with van der Waals surface area (Å²) in [5.74, 6) is 0.263. The van der Waals surface area contributed by atoms with Crippen LogP contribution in [0.2, 0.25) is 0 Å². The molecule has 4 nitrogen and oxygen atoms in total.